The Morgan fingerprint density at radius 3 is 2.20 bits per heavy atom. The minimum Gasteiger partial charge on any atom is -0.492 e. The van der Waals surface area contributed by atoms with Gasteiger partial charge in [-0.05, 0) is 71.4 Å². The number of aryl methyl sites for hydroxylation is 2. The zero-order valence-corrected chi connectivity index (χ0v) is 24.9. The third kappa shape index (κ3) is 7.63. The summed E-state index contributed by atoms with van der Waals surface area (Å²) in [6.45, 7) is 10.9. The number of ether oxygens (including phenoxy) is 1. The van der Waals surface area contributed by atoms with Crippen LogP contribution < -0.4 is 14.4 Å². The molecule has 0 aromatic heterocycles. The summed E-state index contributed by atoms with van der Waals surface area (Å²) < 4.78 is 34.9. The van der Waals surface area contributed by atoms with E-state index in [9.17, 15) is 18.0 Å². The third-order valence-electron chi connectivity index (χ3n) is 6.36. The van der Waals surface area contributed by atoms with Crippen LogP contribution in [0.1, 0.15) is 44.4 Å². The van der Waals surface area contributed by atoms with Crippen LogP contribution in [-0.4, -0.2) is 50.4 Å². The van der Waals surface area contributed by atoms with Gasteiger partial charge >= 0.3 is 0 Å². The molecule has 0 saturated carbocycles. The zero-order valence-electron chi connectivity index (χ0n) is 24.0. The van der Waals surface area contributed by atoms with E-state index in [4.69, 9.17) is 4.74 Å². The van der Waals surface area contributed by atoms with Crippen LogP contribution in [0.4, 0.5) is 5.69 Å². The highest BCUT2D eigenvalue weighted by molar-refractivity contribution is 7.92. The van der Waals surface area contributed by atoms with Crippen molar-refractivity contribution in [2.45, 2.75) is 65.1 Å². The quantitative estimate of drug-likeness (QED) is 0.339. The van der Waals surface area contributed by atoms with Crippen LogP contribution in [0.25, 0.3) is 0 Å². The molecule has 0 unspecified atom stereocenters. The lowest BCUT2D eigenvalue weighted by Gasteiger charge is -2.32. The van der Waals surface area contributed by atoms with Gasteiger partial charge in [0.15, 0.2) is 0 Å². The molecule has 0 aliphatic rings. The maximum Gasteiger partial charge on any atom is 0.264 e. The van der Waals surface area contributed by atoms with E-state index in [-0.39, 0.29) is 29.1 Å². The lowest BCUT2D eigenvalue weighted by atomic mass is 10.1. The van der Waals surface area contributed by atoms with Gasteiger partial charge in [0.2, 0.25) is 11.8 Å². The normalized spacial score (nSPS) is 12.1. The topological polar surface area (TPSA) is 96.0 Å². The molecule has 0 radical (unpaired) electrons. The Balaban J connectivity index is 2.09. The number of amides is 2. The fraction of sp³-hybridized carbons (Fsp3) is 0.355. The maximum absolute atomic E-state index is 14.0. The molecule has 1 atom stereocenters. The Hall–Kier alpha value is -3.85. The first-order valence-corrected chi connectivity index (χ1v) is 14.8. The minimum atomic E-state index is -4.18. The van der Waals surface area contributed by atoms with Gasteiger partial charge in [-0.25, -0.2) is 8.42 Å². The highest BCUT2D eigenvalue weighted by Gasteiger charge is 2.34. The number of carbonyl (C=O) groups is 2. The van der Waals surface area contributed by atoms with Gasteiger partial charge in [-0.3, -0.25) is 13.9 Å². The predicted molar refractivity (Wildman–Crippen MR) is 158 cm³/mol. The molecule has 1 N–H and O–H groups in total. The van der Waals surface area contributed by atoms with Gasteiger partial charge in [0.05, 0.1) is 17.2 Å². The zero-order chi connectivity index (χ0) is 29.4. The number of nitrogens with one attached hydrogen (secondary N) is 1. The number of anilines is 1. The molecule has 0 bridgehead atoms. The molecule has 40 heavy (non-hydrogen) atoms. The van der Waals surface area contributed by atoms with E-state index >= 15 is 0 Å². The van der Waals surface area contributed by atoms with E-state index in [1.165, 1.54) is 17.0 Å². The first kappa shape index (κ1) is 30.7. The molecule has 214 valence electrons. The van der Waals surface area contributed by atoms with Crippen molar-refractivity contribution in [1.29, 1.82) is 0 Å². The van der Waals surface area contributed by atoms with Crippen LogP contribution in [0, 0.1) is 13.8 Å². The first-order valence-electron chi connectivity index (χ1n) is 13.4. The van der Waals surface area contributed by atoms with Crippen LogP contribution in [0.15, 0.2) is 77.7 Å². The monoisotopic (exact) mass is 565 g/mol. The fourth-order valence-corrected chi connectivity index (χ4v) is 5.71. The van der Waals surface area contributed by atoms with Gasteiger partial charge in [-0.1, -0.05) is 59.7 Å². The summed E-state index contributed by atoms with van der Waals surface area (Å²) in [5.41, 5.74) is 3.00. The second-order valence-corrected chi connectivity index (χ2v) is 11.9. The van der Waals surface area contributed by atoms with Crippen molar-refractivity contribution in [3.8, 4) is 5.75 Å². The smallest absolute Gasteiger partial charge is 0.264 e. The molecule has 0 aliphatic carbocycles. The largest absolute Gasteiger partial charge is 0.492 e. The molecular formula is C31H39N3O5S. The second-order valence-electron chi connectivity index (χ2n) is 10.1. The summed E-state index contributed by atoms with van der Waals surface area (Å²) in [5.74, 6) is -0.502. The number of para-hydroxylation sites is 2. The Kier molecular flexibility index (Phi) is 10.3. The fourth-order valence-electron chi connectivity index (χ4n) is 4.29. The average Bonchev–Trinajstić information content (AvgIpc) is 2.90. The molecule has 3 rings (SSSR count). The number of rotatable bonds is 12. The van der Waals surface area contributed by atoms with Crippen LogP contribution in [0.3, 0.4) is 0 Å². The number of hydrogen-bond acceptors (Lipinski definition) is 5. The van der Waals surface area contributed by atoms with E-state index in [0.29, 0.717) is 12.4 Å². The van der Waals surface area contributed by atoms with Crippen LogP contribution in [0.5, 0.6) is 5.75 Å². The predicted octanol–water partition coefficient (Wildman–Crippen LogP) is 4.84. The van der Waals surface area contributed by atoms with Gasteiger partial charge in [0.1, 0.15) is 18.3 Å². The van der Waals surface area contributed by atoms with Crippen molar-refractivity contribution in [2.75, 3.05) is 17.5 Å². The molecule has 3 aromatic carbocycles. The minimum absolute atomic E-state index is 0.0491. The van der Waals surface area contributed by atoms with E-state index in [0.717, 1.165) is 21.0 Å². The molecule has 8 nitrogen and oxygen atoms in total. The van der Waals surface area contributed by atoms with Crippen molar-refractivity contribution in [3.05, 3.63) is 89.5 Å². The van der Waals surface area contributed by atoms with E-state index in [2.05, 4.69) is 5.32 Å². The standard InChI is InChI=1S/C31H39N3O5S/c1-7-39-29-14-9-8-13-28(29)34(40(37,38)27-17-15-23(4)16-18-27)21-30(35)33(25(6)31(36)32-22(2)3)20-26-12-10-11-24(5)19-26/h8-19,22,25H,7,20-21H2,1-6H3,(H,32,36)/t25-/m1/s1. The van der Waals surface area contributed by atoms with Crippen molar-refractivity contribution in [3.63, 3.8) is 0 Å². The van der Waals surface area contributed by atoms with Crippen LogP contribution in [-0.2, 0) is 26.2 Å². The van der Waals surface area contributed by atoms with E-state index in [1.807, 2.05) is 52.0 Å². The van der Waals surface area contributed by atoms with Crippen molar-refractivity contribution in [1.82, 2.24) is 10.2 Å². The summed E-state index contributed by atoms with van der Waals surface area (Å²) in [7, 11) is -4.18. The van der Waals surface area contributed by atoms with E-state index in [1.54, 1.807) is 50.2 Å². The second kappa shape index (κ2) is 13.5. The Morgan fingerprint density at radius 2 is 1.57 bits per heavy atom. The molecule has 2 amide bonds. The van der Waals surface area contributed by atoms with Gasteiger partial charge in [0.25, 0.3) is 10.0 Å². The van der Waals surface area contributed by atoms with Gasteiger partial charge in [0, 0.05) is 12.6 Å². The molecule has 0 saturated heterocycles. The molecule has 0 spiro atoms. The number of carbonyl (C=O) groups excluding carboxylic acids is 2. The van der Waals surface area contributed by atoms with Crippen molar-refractivity contribution in [2.24, 2.45) is 0 Å². The molecular weight excluding hydrogens is 526 g/mol. The number of hydrogen-bond donors (Lipinski definition) is 1. The summed E-state index contributed by atoms with van der Waals surface area (Å²) >= 11 is 0. The maximum atomic E-state index is 14.0. The van der Waals surface area contributed by atoms with Gasteiger partial charge in [-0.15, -0.1) is 0 Å². The number of benzene rings is 3. The molecule has 3 aromatic rings. The summed E-state index contributed by atoms with van der Waals surface area (Å²) in [4.78, 5) is 28.6. The Morgan fingerprint density at radius 1 is 0.900 bits per heavy atom. The number of nitrogens with zero attached hydrogens (tertiary/aromatic N) is 2. The lowest BCUT2D eigenvalue weighted by Crippen LogP contribution is -2.52. The highest BCUT2D eigenvalue weighted by Crippen LogP contribution is 2.33. The van der Waals surface area contributed by atoms with Crippen molar-refractivity contribution >= 4 is 27.5 Å². The molecule has 9 heteroatoms. The summed E-state index contributed by atoms with van der Waals surface area (Å²) in [6, 6.07) is 19.9. The van der Waals surface area contributed by atoms with Gasteiger partial charge < -0.3 is 15.0 Å². The summed E-state index contributed by atoms with van der Waals surface area (Å²) in [5, 5.41) is 2.86. The third-order valence-corrected chi connectivity index (χ3v) is 8.13. The van der Waals surface area contributed by atoms with Crippen LogP contribution in [0.2, 0.25) is 0 Å². The van der Waals surface area contributed by atoms with Crippen LogP contribution >= 0.6 is 0 Å². The lowest BCUT2D eigenvalue weighted by molar-refractivity contribution is -0.139. The highest BCUT2D eigenvalue weighted by atomic mass is 32.2. The summed E-state index contributed by atoms with van der Waals surface area (Å²) in [6.07, 6.45) is 0. The first-order chi connectivity index (χ1) is 18.9. The van der Waals surface area contributed by atoms with Gasteiger partial charge in [-0.2, -0.15) is 0 Å². The molecule has 0 fully saturated rings. The molecule has 0 heterocycles. The van der Waals surface area contributed by atoms with Crippen molar-refractivity contribution < 1.29 is 22.7 Å². The number of sulfonamides is 1. The molecule has 0 aliphatic heterocycles. The average molecular weight is 566 g/mol. The van der Waals surface area contributed by atoms with E-state index < -0.39 is 28.5 Å². The Bertz CT molecular complexity index is 1420. The SMILES string of the molecule is CCOc1ccccc1N(CC(=O)N(Cc1cccc(C)c1)[C@H](C)C(=O)NC(C)C)S(=O)(=O)c1ccc(C)cc1. The Labute approximate surface area is 238 Å².